The number of rotatable bonds is 6. The number of carbonyl (C=O) groups is 1. The Hall–Kier alpha value is -4.07. The van der Waals surface area contributed by atoms with Gasteiger partial charge in [0.1, 0.15) is 12.1 Å². The van der Waals surface area contributed by atoms with Gasteiger partial charge in [-0.15, -0.1) is 0 Å². The highest BCUT2D eigenvalue weighted by Crippen LogP contribution is 2.31. The van der Waals surface area contributed by atoms with Crippen LogP contribution >= 0.6 is 15.9 Å². The molecule has 2 aromatic rings. The Balaban J connectivity index is 2.20. The fourth-order valence-electron chi connectivity index (χ4n) is 3.09. The third-order valence-corrected chi connectivity index (χ3v) is 5.18. The van der Waals surface area contributed by atoms with Gasteiger partial charge in [-0.3, -0.25) is 4.79 Å². The molecule has 1 aliphatic heterocycles. The summed E-state index contributed by atoms with van der Waals surface area (Å²) in [4.78, 5) is 15.1. The zero-order valence-electron chi connectivity index (χ0n) is 17.4. The third kappa shape index (κ3) is 4.80. The van der Waals surface area contributed by atoms with Crippen LogP contribution in [0.3, 0.4) is 0 Å². The monoisotopic (exact) mass is 487 g/mol. The van der Waals surface area contributed by atoms with Gasteiger partial charge in [0, 0.05) is 16.2 Å². The number of Topliss-reactive ketones (excluding diaryl/α,β-unsaturated/α-hetero) is 1. The van der Waals surface area contributed by atoms with E-state index in [0.29, 0.717) is 28.3 Å². The van der Waals surface area contributed by atoms with Crippen LogP contribution in [-0.4, -0.2) is 24.9 Å². The number of nitrogens with zero attached hydrogens (tertiary/aromatic N) is 3. The summed E-state index contributed by atoms with van der Waals surface area (Å²) < 4.78 is 11.5. The maximum absolute atomic E-state index is 13.6. The average Bonchev–Trinajstić information content (AvgIpc) is 2.83. The van der Waals surface area contributed by atoms with E-state index < -0.39 is 0 Å². The van der Waals surface area contributed by atoms with E-state index in [1.54, 1.807) is 85.0 Å². The summed E-state index contributed by atoms with van der Waals surface area (Å²) in [5.74, 6) is 0.791. The van der Waals surface area contributed by atoms with Crippen LogP contribution in [0.25, 0.3) is 6.08 Å². The molecule has 0 spiro atoms. The van der Waals surface area contributed by atoms with Gasteiger partial charge in [0.2, 0.25) is 5.78 Å². The minimum atomic E-state index is -0.278. The number of hydrogen-bond donors (Lipinski definition) is 0. The Labute approximate surface area is 194 Å². The van der Waals surface area contributed by atoms with E-state index in [4.69, 9.17) is 9.47 Å². The summed E-state index contributed by atoms with van der Waals surface area (Å²) >= 11 is 3.38. The van der Waals surface area contributed by atoms with Gasteiger partial charge >= 0.3 is 0 Å². The standard InChI is InChI=1S/C25H18BrN3O3/c1-31-23-11-6-17(14-24(23)32-2)13-22(25(30)18-7-9-20(26)10-8-18)29-12-4-3-5-21(29)19(15-27)16-28/h3-14H,1-2H3. The molecule has 2 aromatic carbocycles. The van der Waals surface area contributed by atoms with Crippen molar-refractivity contribution >= 4 is 27.8 Å². The molecule has 6 nitrogen and oxygen atoms in total. The van der Waals surface area contributed by atoms with Crippen molar-refractivity contribution in [3.05, 3.63) is 99.5 Å². The Morgan fingerprint density at radius 2 is 1.69 bits per heavy atom. The predicted octanol–water partition coefficient (Wildman–Crippen LogP) is 5.38. The molecule has 0 radical (unpaired) electrons. The van der Waals surface area contributed by atoms with E-state index in [0.717, 1.165) is 4.47 Å². The maximum atomic E-state index is 13.6. The number of halogens is 1. The zero-order chi connectivity index (χ0) is 23.1. The highest BCUT2D eigenvalue weighted by molar-refractivity contribution is 9.10. The second kappa shape index (κ2) is 10.3. The number of nitriles is 2. The van der Waals surface area contributed by atoms with Crippen LogP contribution in [0.4, 0.5) is 0 Å². The minimum Gasteiger partial charge on any atom is -0.493 e. The van der Waals surface area contributed by atoms with Crippen LogP contribution in [0.1, 0.15) is 15.9 Å². The van der Waals surface area contributed by atoms with Gasteiger partial charge in [0.25, 0.3) is 0 Å². The van der Waals surface area contributed by atoms with Gasteiger partial charge in [-0.2, -0.15) is 10.5 Å². The summed E-state index contributed by atoms with van der Waals surface area (Å²) in [7, 11) is 3.08. The van der Waals surface area contributed by atoms with Crippen molar-refractivity contribution in [1.82, 2.24) is 4.90 Å². The van der Waals surface area contributed by atoms with Crippen molar-refractivity contribution in [2.24, 2.45) is 0 Å². The molecule has 7 heteroatoms. The first kappa shape index (κ1) is 22.6. The Kier molecular flexibility index (Phi) is 7.28. The Morgan fingerprint density at radius 3 is 2.31 bits per heavy atom. The van der Waals surface area contributed by atoms with Crippen molar-refractivity contribution in [3.63, 3.8) is 0 Å². The number of hydrogen-bond acceptors (Lipinski definition) is 6. The molecule has 0 bridgehead atoms. The predicted molar refractivity (Wildman–Crippen MR) is 124 cm³/mol. The normalized spacial score (nSPS) is 12.7. The molecule has 0 atom stereocenters. The summed E-state index contributed by atoms with van der Waals surface area (Å²) in [6, 6.07) is 16.0. The Bertz CT molecular complexity index is 1230. The first-order valence-corrected chi connectivity index (χ1v) is 10.2. The third-order valence-electron chi connectivity index (χ3n) is 4.65. The summed E-state index contributed by atoms with van der Waals surface area (Å²) in [5, 5.41) is 18.8. The lowest BCUT2D eigenvalue weighted by atomic mass is 10.0. The molecule has 1 heterocycles. The Morgan fingerprint density at radius 1 is 1.00 bits per heavy atom. The van der Waals surface area contributed by atoms with Crippen LogP contribution < -0.4 is 9.47 Å². The fourth-order valence-corrected chi connectivity index (χ4v) is 3.35. The highest BCUT2D eigenvalue weighted by atomic mass is 79.9. The van der Waals surface area contributed by atoms with Crippen LogP contribution in [0, 0.1) is 22.7 Å². The smallest absolute Gasteiger partial charge is 0.209 e. The topological polar surface area (TPSA) is 86.4 Å². The first-order valence-electron chi connectivity index (χ1n) is 9.45. The van der Waals surface area contributed by atoms with Crippen molar-refractivity contribution in [2.75, 3.05) is 14.2 Å². The van der Waals surface area contributed by atoms with Crippen molar-refractivity contribution in [2.45, 2.75) is 0 Å². The number of allylic oxidation sites excluding steroid dienone is 5. The lowest BCUT2D eigenvalue weighted by Crippen LogP contribution is -2.24. The summed E-state index contributed by atoms with van der Waals surface area (Å²) in [6.45, 7) is 0. The fraction of sp³-hybridized carbons (Fsp3) is 0.0800. The molecule has 0 fully saturated rings. The molecule has 32 heavy (non-hydrogen) atoms. The number of methoxy groups -OCH3 is 2. The maximum Gasteiger partial charge on any atom is 0.209 e. The van der Waals surface area contributed by atoms with E-state index in [9.17, 15) is 15.3 Å². The molecule has 0 aromatic heterocycles. The molecule has 0 unspecified atom stereocenters. The molecule has 0 saturated carbocycles. The second-order valence-corrected chi connectivity index (χ2v) is 7.45. The highest BCUT2D eigenvalue weighted by Gasteiger charge is 2.23. The quantitative estimate of drug-likeness (QED) is 0.309. The van der Waals surface area contributed by atoms with E-state index in [-0.39, 0.29) is 17.1 Å². The SMILES string of the molecule is COc1ccc(C=C(C(=O)c2ccc(Br)cc2)N2C=CC=CC2=C(C#N)C#N)cc1OC. The van der Waals surface area contributed by atoms with Crippen LogP contribution in [0.5, 0.6) is 11.5 Å². The molecule has 0 aliphatic carbocycles. The molecular weight excluding hydrogens is 470 g/mol. The number of ether oxygens (including phenoxy) is 2. The largest absolute Gasteiger partial charge is 0.493 e. The lowest BCUT2D eigenvalue weighted by molar-refractivity contribution is 0.101. The van der Waals surface area contributed by atoms with Gasteiger partial charge in [0.15, 0.2) is 17.1 Å². The molecule has 0 N–H and O–H groups in total. The molecular formula is C25H18BrN3O3. The molecule has 3 rings (SSSR count). The molecule has 0 amide bonds. The lowest BCUT2D eigenvalue weighted by Gasteiger charge is -2.26. The van der Waals surface area contributed by atoms with E-state index in [2.05, 4.69) is 15.9 Å². The second-order valence-electron chi connectivity index (χ2n) is 6.53. The summed E-state index contributed by atoms with van der Waals surface area (Å²) in [6.07, 6.45) is 8.39. The van der Waals surface area contributed by atoms with Gasteiger partial charge in [-0.05, 0) is 60.2 Å². The molecule has 1 aliphatic rings. The van der Waals surface area contributed by atoms with E-state index in [1.165, 1.54) is 7.11 Å². The van der Waals surface area contributed by atoms with Gasteiger partial charge in [0.05, 0.1) is 25.6 Å². The van der Waals surface area contributed by atoms with Crippen molar-refractivity contribution in [1.29, 1.82) is 10.5 Å². The van der Waals surface area contributed by atoms with E-state index in [1.807, 2.05) is 12.1 Å². The number of carbonyl (C=O) groups excluding carboxylic acids is 1. The number of benzene rings is 2. The van der Waals surface area contributed by atoms with Gasteiger partial charge in [-0.25, -0.2) is 0 Å². The molecule has 0 saturated heterocycles. The average molecular weight is 488 g/mol. The van der Waals surface area contributed by atoms with Crippen molar-refractivity contribution < 1.29 is 14.3 Å². The van der Waals surface area contributed by atoms with Crippen molar-refractivity contribution in [3.8, 4) is 23.6 Å². The zero-order valence-corrected chi connectivity index (χ0v) is 19.0. The first-order chi connectivity index (χ1) is 15.5. The van der Waals surface area contributed by atoms with Gasteiger partial charge in [-0.1, -0.05) is 28.1 Å². The van der Waals surface area contributed by atoms with Crippen LogP contribution in [-0.2, 0) is 0 Å². The summed E-state index contributed by atoms with van der Waals surface area (Å²) in [5.41, 5.74) is 1.61. The van der Waals surface area contributed by atoms with Crippen LogP contribution in [0.2, 0.25) is 0 Å². The van der Waals surface area contributed by atoms with E-state index >= 15 is 0 Å². The van der Waals surface area contributed by atoms with Crippen LogP contribution in [0.15, 0.2) is 88.3 Å². The molecule has 158 valence electrons. The van der Waals surface area contributed by atoms with Gasteiger partial charge < -0.3 is 14.4 Å². The number of ketones is 1. The minimum absolute atomic E-state index is 0.104.